The number of carbonyl (C=O) groups excluding carboxylic acids is 1. The number of anilines is 2. The molecule has 0 radical (unpaired) electrons. The summed E-state index contributed by atoms with van der Waals surface area (Å²) in [7, 11) is 0. The van der Waals surface area contributed by atoms with E-state index in [1.54, 1.807) is 12.1 Å². The fraction of sp³-hybridized carbons (Fsp3) is 0.0769. The van der Waals surface area contributed by atoms with Gasteiger partial charge < -0.3 is 10.7 Å². The lowest BCUT2D eigenvalue weighted by Crippen LogP contribution is -2.15. The van der Waals surface area contributed by atoms with Crippen LogP contribution in [0.4, 0.5) is 11.4 Å². The molecule has 4 N–H and O–H groups in total. The van der Waals surface area contributed by atoms with Crippen LogP contribution in [0.5, 0.6) is 0 Å². The lowest BCUT2D eigenvalue weighted by molar-refractivity contribution is 0.102. The molecular weight excluding hydrogens is 308 g/mol. The Balaban J connectivity index is 2.18. The number of halogens is 1. The molecule has 0 atom stereocenters. The maximum absolute atomic E-state index is 12.0. The van der Waals surface area contributed by atoms with Gasteiger partial charge in [0.25, 0.3) is 5.91 Å². The number of amides is 1. The second-order valence-electron chi connectivity index (χ2n) is 3.94. The Kier molecular flexibility index (Phi) is 4.13. The van der Waals surface area contributed by atoms with Crippen molar-refractivity contribution < 1.29 is 4.79 Å². The van der Waals surface area contributed by atoms with Crippen molar-refractivity contribution in [3.8, 4) is 0 Å². The highest BCUT2D eigenvalue weighted by atomic mass is 79.9. The summed E-state index contributed by atoms with van der Waals surface area (Å²) in [4.78, 5) is 16.1. The average molecular weight is 321 g/mol. The third-order valence-corrected chi connectivity index (χ3v) is 3.54. The predicted molar refractivity (Wildman–Crippen MR) is 78.9 cm³/mol. The zero-order chi connectivity index (χ0) is 13.8. The summed E-state index contributed by atoms with van der Waals surface area (Å²) >= 11 is 3.42. The number of aromatic nitrogens is 1. The molecule has 0 spiro atoms. The Morgan fingerprint density at radius 2 is 2.11 bits per heavy atom. The Morgan fingerprint density at radius 1 is 1.32 bits per heavy atom. The van der Waals surface area contributed by atoms with Crippen molar-refractivity contribution in [3.63, 3.8) is 0 Å². The first kappa shape index (κ1) is 13.5. The van der Waals surface area contributed by atoms with E-state index in [4.69, 9.17) is 5.84 Å². The SMILES string of the molecule is Cc1c(Br)cccc1NC(=O)c1ccc(NN)cn1. The molecule has 5 nitrogen and oxygen atoms in total. The van der Waals surface area contributed by atoms with Crippen LogP contribution >= 0.6 is 15.9 Å². The first-order valence-electron chi connectivity index (χ1n) is 5.61. The van der Waals surface area contributed by atoms with Crippen LogP contribution in [0.1, 0.15) is 16.1 Å². The predicted octanol–water partition coefficient (Wildman–Crippen LogP) is 2.69. The summed E-state index contributed by atoms with van der Waals surface area (Å²) in [6.45, 7) is 1.93. The Hall–Kier alpha value is -1.92. The van der Waals surface area contributed by atoms with Crippen LogP contribution in [-0.4, -0.2) is 10.9 Å². The van der Waals surface area contributed by atoms with Crippen LogP contribution < -0.4 is 16.6 Å². The highest BCUT2D eigenvalue weighted by Gasteiger charge is 2.09. The number of hydrogen-bond donors (Lipinski definition) is 3. The zero-order valence-corrected chi connectivity index (χ0v) is 11.9. The van der Waals surface area contributed by atoms with E-state index in [0.717, 1.165) is 15.7 Å². The van der Waals surface area contributed by atoms with Crippen LogP contribution in [-0.2, 0) is 0 Å². The summed E-state index contributed by atoms with van der Waals surface area (Å²) < 4.78 is 0.945. The molecule has 2 aromatic rings. The molecular formula is C13H13BrN4O. The van der Waals surface area contributed by atoms with Crippen molar-refractivity contribution >= 4 is 33.2 Å². The average Bonchev–Trinajstić information content (AvgIpc) is 2.44. The minimum absolute atomic E-state index is 0.259. The third kappa shape index (κ3) is 3.10. The van der Waals surface area contributed by atoms with Crippen LogP contribution in [0.2, 0.25) is 0 Å². The number of hydrogen-bond acceptors (Lipinski definition) is 4. The van der Waals surface area contributed by atoms with Crippen LogP contribution in [0.25, 0.3) is 0 Å². The summed E-state index contributed by atoms with van der Waals surface area (Å²) in [5.41, 5.74) is 5.16. The monoisotopic (exact) mass is 320 g/mol. The smallest absolute Gasteiger partial charge is 0.274 e. The van der Waals surface area contributed by atoms with Gasteiger partial charge in [0.1, 0.15) is 5.69 Å². The van der Waals surface area contributed by atoms with Gasteiger partial charge in [-0.2, -0.15) is 0 Å². The van der Waals surface area contributed by atoms with Gasteiger partial charge in [-0.25, -0.2) is 4.98 Å². The van der Waals surface area contributed by atoms with Crippen molar-refractivity contribution in [2.24, 2.45) is 5.84 Å². The zero-order valence-electron chi connectivity index (χ0n) is 10.3. The molecule has 0 aliphatic heterocycles. The van der Waals surface area contributed by atoms with Crippen LogP contribution in [0.15, 0.2) is 41.0 Å². The van der Waals surface area contributed by atoms with E-state index in [1.165, 1.54) is 6.20 Å². The summed E-state index contributed by atoms with van der Waals surface area (Å²) in [5.74, 6) is 4.98. The fourth-order valence-electron chi connectivity index (χ4n) is 1.54. The molecule has 6 heteroatoms. The van der Waals surface area contributed by atoms with Gasteiger partial charge in [-0.05, 0) is 36.8 Å². The number of carbonyl (C=O) groups is 1. The molecule has 1 amide bonds. The van der Waals surface area contributed by atoms with Gasteiger partial charge in [0.2, 0.25) is 0 Å². The van der Waals surface area contributed by atoms with Crippen LogP contribution in [0, 0.1) is 6.92 Å². The minimum atomic E-state index is -0.259. The quantitative estimate of drug-likeness (QED) is 0.600. The van der Waals surface area contributed by atoms with Crippen molar-refractivity contribution in [2.75, 3.05) is 10.7 Å². The topological polar surface area (TPSA) is 80.0 Å². The van der Waals surface area contributed by atoms with Crippen molar-refractivity contribution in [1.29, 1.82) is 0 Å². The highest BCUT2D eigenvalue weighted by molar-refractivity contribution is 9.10. The third-order valence-electron chi connectivity index (χ3n) is 2.68. The standard InChI is InChI=1S/C13H13BrN4O/c1-8-10(14)3-2-4-11(8)17-13(19)12-6-5-9(18-15)7-16-12/h2-7,18H,15H2,1H3,(H,17,19). The van der Waals surface area contributed by atoms with Gasteiger partial charge in [0.05, 0.1) is 11.9 Å². The number of nitrogens with zero attached hydrogens (tertiary/aromatic N) is 1. The summed E-state index contributed by atoms with van der Waals surface area (Å²) in [5, 5.41) is 2.82. The van der Waals surface area contributed by atoms with Crippen molar-refractivity contribution in [3.05, 3.63) is 52.3 Å². The maximum atomic E-state index is 12.0. The van der Waals surface area contributed by atoms with E-state index in [2.05, 4.69) is 31.7 Å². The second kappa shape index (κ2) is 5.81. The minimum Gasteiger partial charge on any atom is -0.323 e. The molecule has 0 saturated carbocycles. The largest absolute Gasteiger partial charge is 0.323 e. The maximum Gasteiger partial charge on any atom is 0.274 e. The van der Waals surface area contributed by atoms with Crippen LogP contribution in [0.3, 0.4) is 0 Å². The molecule has 19 heavy (non-hydrogen) atoms. The number of nitrogens with two attached hydrogens (primary N) is 1. The number of pyridine rings is 1. The molecule has 0 fully saturated rings. The summed E-state index contributed by atoms with van der Waals surface area (Å²) in [6, 6.07) is 8.92. The molecule has 0 saturated heterocycles. The van der Waals surface area contributed by atoms with Gasteiger partial charge in [-0.3, -0.25) is 10.6 Å². The van der Waals surface area contributed by atoms with E-state index in [0.29, 0.717) is 11.4 Å². The van der Waals surface area contributed by atoms with E-state index in [1.807, 2.05) is 25.1 Å². The van der Waals surface area contributed by atoms with E-state index < -0.39 is 0 Å². The summed E-state index contributed by atoms with van der Waals surface area (Å²) in [6.07, 6.45) is 1.50. The molecule has 0 unspecified atom stereocenters. The normalized spacial score (nSPS) is 10.1. The number of benzene rings is 1. The van der Waals surface area contributed by atoms with Crippen molar-refractivity contribution in [1.82, 2.24) is 4.98 Å². The van der Waals surface area contributed by atoms with E-state index >= 15 is 0 Å². The molecule has 0 aliphatic carbocycles. The lowest BCUT2D eigenvalue weighted by Gasteiger charge is -2.09. The number of nitrogens with one attached hydrogen (secondary N) is 2. The van der Waals surface area contributed by atoms with Gasteiger partial charge >= 0.3 is 0 Å². The Labute approximate surface area is 119 Å². The van der Waals surface area contributed by atoms with E-state index in [9.17, 15) is 4.79 Å². The van der Waals surface area contributed by atoms with Gasteiger partial charge in [-0.1, -0.05) is 22.0 Å². The lowest BCUT2D eigenvalue weighted by atomic mass is 10.2. The first-order valence-corrected chi connectivity index (χ1v) is 6.40. The Bertz CT molecular complexity index is 598. The van der Waals surface area contributed by atoms with Gasteiger partial charge in [0, 0.05) is 10.2 Å². The molecule has 1 aromatic heterocycles. The van der Waals surface area contributed by atoms with Crippen molar-refractivity contribution in [2.45, 2.75) is 6.92 Å². The number of nitrogen functional groups attached to an aromatic ring is 1. The second-order valence-corrected chi connectivity index (χ2v) is 4.80. The number of hydrazine groups is 1. The highest BCUT2D eigenvalue weighted by Crippen LogP contribution is 2.23. The van der Waals surface area contributed by atoms with Gasteiger partial charge in [0.15, 0.2) is 0 Å². The molecule has 1 aromatic carbocycles. The molecule has 1 heterocycles. The molecule has 0 bridgehead atoms. The van der Waals surface area contributed by atoms with Gasteiger partial charge in [-0.15, -0.1) is 0 Å². The fourth-order valence-corrected chi connectivity index (χ4v) is 1.91. The van der Waals surface area contributed by atoms with E-state index in [-0.39, 0.29) is 5.91 Å². The molecule has 0 aliphatic rings. The number of rotatable bonds is 3. The molecule has 98 valence electrons. The Morgan fingerprint density at radius 3 is 2.74 bits per heavy atom. The molecule has 2 rings (SSSR count). The first-order chi connectivity index (χ1) is 9.11.